The molecule has 0 fully saturated rings. The predicted octanol–water partition coefficient (Wildman–Crippen LogP) is 4.25. The van der Waals surface area contributed by atoms with Crippen LogP contribution in [0.15, 0.2) is 48.5 Å². The van der Waals surface area contributed by atoms with Crippen molar-refractivity contribution in [2.24, 2.45) is 0 Å². The number of ether oxygens (including phenoxy) is 5. The second-order valence-electron chi connectivity index (χ2n) is 6.79. The van der Waals surface area contributed by atoms with E-state index in [2.05, 4.69) is 23.3 Å². The average Bonchev–Trinajstić information content (AvgIpc) is 2.74. The zero-order chi connectivity index (χ0) is 22.0. The third-order valence-electron chi connectivity index (χ3n) is 4.47. The van der Waals surface area contributed by atoms with Gasteiger partial charge in [-0.25, -0.2) is 9.59 Å². The van der Waals surface area contributed by atoms with Gasteiger partial charge in [-0.3, -0.25) is 0 Å². The summed E-state index contributed by atoms with van der Waals surface area (Å²) in [5.74, 6) is 1.32. The number of benzene rings is 2. The summed E-state index contributed by atoms with van der Waals surface area (Å²) in [5, 5.41) is 8.44. The Morgan fingerprint density at radius 3 is 1.60 bits per heavy atom. The number of hydrogen-bond acceptors (Lipinski definition) is 7. The minimum absolute atomic E-state index is 0.0220. The van der Waals surface area contributed by atoms with Crippen LogP contribution in [0.1, 0.15) is 25.0 Å². The lowest BCUT2D eigenvalue weighted by Crippen LogP contribution is -2.19. The number of methoxy groups -OCH3 is 1. The summed E-state index contributed by atoms with van der Waals surface area (Å²) >= 11 is 0. The maximum Gasteiger partial charge on any atom is 0.508 e. The average molecular weight is 418 g/mol. The van der Waals surface area contributed by atoms with E-state index in [9.17, 15) is 9.59 Å². The van der Waals surface area contributed by atoms with Crippen molar-refractivity contribution in [2.45, 2.75) is 19.3 Å². The summed E-state index contributed by atoms with van der Waals surface area (Å²) in [6.07, 6.45) is -2.05. The van der Waals surface area contributed by atoms with Gasteiger partial charge < -0.3 is 28.8 Å². The molecule has 0 radical (unpaired) electrons. The summed E-state index contributed by atoms with van der Waals surface area (Å²) in [6.45, 7) is 4.70. The third kappa shape index (κ3) is 6.88. The van der Waals surface area contributed by atoms with Gasteiger partial charge in [-0.2, -0.15) is 0 Å². The molecule has 0 heterocycles. The van der Waals surface area contributed by atoms with Gasteiger partial charge in [0, 0.05) is 5.41 Å². The van der Waals surface area contributed by atoms with Crippen molar-refractivity contribution in [3.05, 3.63) is 59.7 Å². The van der Waals surface area contributed by atoms with Crippen molar-refractivity contribution >= 4 is 12.3 Å². The van der Waals surface area contributed by atoms with E-state index in [0.29, 0.717) is 11.5 Å². The first-order valence-corrected chi connectivity index (χ1v) is 9.36. The molecule has 0 unspecified atom stereocenters. The molecule has 0 aromatic heterocycles. The standard InChI is InChI=1S/C22H26O8/c1-22(2,16-4-8-18(9-5-16)27-12-14-29-20(23)24)17-6-10-19(11-7-17)28-13-15-30-21(25)26-3/h4-11H,12-15H2,1-3H3,(H,23,24). The summed E-state index contributed by atoms with van der Waals surface area (Å²) in [4.78, 5) is 21.2. The molecule has 0 aliphatic rings. The van der Waals surface area contributed by atoms with Gasteiger partial charge in [-0.15, -0.1) is 0 Å². The molecule has 2 aromatic carbocycles. The monoisotopic (exact) mass is 418 g/mol. The van der Waals surface area contributed by atoms with Gasteiger partial charge in [0.05, 0.1) is 7.11 Å². The van der Waals surface area contributed by atoms with E-state index in [1.807, 2.05) is 48.5 Å². The third-order valence-corrected chi connectivity index (χ3v) is 4.47. The molecule has 0 saturated carbocycles. The lowest BCUT2D eigenvalue weighted by Gasteiger charge is -2.26. The first-order chi connectivity index (χ1) is 14.3. The minimum atomic E-state index is -1.32. The van der Waals surface area contributed by atoms with Gasteiger partial charge in [-0.05, 0) is 35.4 Å². The van der Waals surface area contributed by atoms with Crippen LogP contribution in [0.3, 0.4) is 0 Å². The Labute approximate surface area is 175 Å². The van der Waals surface area contributed by atoms with Crippen molar-refractivity contribution in [1.82, 2.24) is 0 Å². The maximum absolute atomic E-state index is 10.9. The predicted molar refractivity (Wildman–Crippen MR) is 108 cm³/mol. The molecule has 0 amide bonds. The molecule has 162 valence electrons. The SMILES string of the molecule is COC(=O)OCCOc1ccc(C(C)(C)c2ccc(OCCOC(=O)O)cc2)cc1. The van der Waals surface area contributed by atoms with Crippen LogP contribution < -0.4 is 9.47 Å². The van der Waals surface area contributed by atoms with Crippen LogP contribution in [0.4, 0.5) is 9.59 Å². The Balaban J connectivity index is 1.91. The molecule has 8 heteroatoms. The normalized spacial score (nSPS) is 10.8. The fourth-order valence-corrected chi connectivity index (χ4v) is 2.73. The summed E-state index contributed by atoms with van der Waals surface area (Å²) in [7, 11) is 1.25. The molecule has 0 aliphatic heterocycles. The van der Waals surface area contributed by atoms with Crippen molar-refractivity contribution < 1.29 is 38.4 Å². The van der Waals surface area contributed by atoms with Gasteiger partial charge in [0.2, 0.25) is 0 Å². The van der Waals surface area contributed by atoms with Crippen molar-refractivity contribution in [3.8, 4) is 11.5 Å². The molecule has 0 aliphatic carbocycles. The molecule has 0 atom stereocenters. The quantitative estimate of drug-likeness (QED) is 0.451. The lowest BCUT2D eigenvalue weighted by atomic mass is 9.78. The number of carbonyl (C=O) groups excluding carboxylic acids is 1. The highest BCUT2D eigenvalue weighted by Gasteiger charge is 2.23. The Bertz CT molecular complexity index is 812. The Morgan fingerprint density at radius 1 is 0.767 bits per heavy atom. The molecule has 0 bridgehead atoms. The van der Waals surface area contributed by atoms with E-state index >= 15 is 0 Å². The topological polar surface area (TPSA) is 101 Å². The van der Waals surface area contributed by atoms with Crippen LogP contribution in [-0.2, 0) is 19.6 Å². The first kappa shape index (κ1) is 22.9. The number of carbonyl (C=O) groups is 2. The summed E-state index contributed by atoms with van der Waals surface area (Å²) in [6, 6.07) is 15.4. The van der Waals surface area contributed by atoms with E-state index in [0.717, 1.165) is 11.1 Å². The first-order valence-electron chi connectivity index (χ1n) is 9.36. The van der Waals surface area contributed by atoms with Crippen LogP contribution in [0.2, 0.25) is 0 Å². The molecule has 30 heavy (non-hydrogen) atoms. The van der Waals surface area contributed by atoms with E-state index in [1.165, 1.54) is 7.11 Å². The van der Waals surface area contributed by atoms with Gasteiger partial charge >= 0.3 is 12.3 Å². The highest BCUT2D eigenvalue weighted by atomic mass is 16.7. The number of carboxylic acid groups (broad SMARTS) is 1. The highest BCUT2D eigenvalue weighted by molar-refractivity contribution is 5.59. The number of rotatable bonds is 10. The van der Waals surface area contributed by atoms with Crippen LogP contribution in [0.5, 0.6) is 11.5 Å². The summed E-state index contributed by atoms with van der Waals surface area (Å²) < 4.78 is 24.6. The number of hydrogen-bond donors (Lipinski definition) is 1. The van der Waals surface area contributed by atoms with E-state index < -0.39 is 12.3 Å². The lowest BCUT2D eigenvalue weighted by molar-refractivity contribution is 0.0616. The summed E-state index contributed by atoms with van der Waals surface area (Å²) in [5.41, 5.74) is 1.94. The van der Waals surface area contributed by atoms with Gasteiger partial charge in [0.15, 0.2) is 0 Å². The van der Waals surface area contributed by atoms with Crippen LogP contribution >= 0.6 is 0 Å². The molecular formula is C22H26O8. The Morgan fingerprint density at radius 2 is 1.20 bits per heavy atom. The molecule has 8 nitrogen and oxygen atoms in total. The van der Waals surface area contributed by atoms with Crippen molar-refractivity contribution in [1.29, 1.82) is 0 Å². The Kier molecular flexibility index (Phi) is 8.34. The molecule has 2 aromatic rings. The molecule has 1 N–H and O–H groups in total. The van der Waals surface area contributed by atoms with Gasteiger partial charge in [-0.1, -0.05) is 38.1 Å². The van der Waals surface area contributed by atoms with Gasteiger partial charge in [0.1, 0.15) is 37.9 Å². The van der Waals surface area contributed by atoms with E-state index in [1.54, 1.807) is 0 Å². The second kappa shape index (κ2) is 10.9. The van der Waals surface area contributed by atoms with Crippen molar-refractivity contribution in [3.63, 3.8) is 0 Å². The second-order valence-corrected chi connectivity index (χ2v) is 6.79. The largest absolute Gasteiger partial charge is 0.508 e. The molecule has 2 rings (SSSR count). The van der Waals surface area contributed by atoms with E-state index in [4.69, 9.17) is 19.3 Å². The zero-order valence-electron chi connectivity index (χ0n) is 17.3. The van der Waals surface area contributed by atoms with E-state index in [-0.39, 0.29) is 31.8 Å². The molecule has 0 spiro atoms. The van der Waals surface area contributed by atoms with Crippen LogP contribution in [-0.4, -0.2) is 51.0 Å². The zero-order valence-corrected chi connectivity index (χ0v) is 17.3. The molecular weight excluding hydrogens is 392 g/mol. The Hall–Kier alpha value is -3.42. The van der Waals surface area contributed by atoms with Crippen LogP contribution in [0, 0.1) is 0 Å². The fourth-order valence-electron chi connectivity index (χ4n) is 2.73. The van der Waals surface area contributed by atoms with Crippen molar-refractivity contribution in [2.75, 3.05) is 33.5 Å². The smallest absolute Gasteiger partial charge is 0.490 e. The van der Waals surface area contributed by atoms with Crippen LogP contribution in [0.25, 0.3) is 0 Å². The fraction of sp³-hybridized carbons (Fsp3) is 0.364. The van der Waals surface area contributed by atoms with Gasteiger partial charge in [0.25, 0.3) is 0 Å². The highest BCUT2D eigenvalue weighted by Crippen LogP contribution is 2.33. The molecule has 0 saturated heterocycles. The maximum atomic E-state index is 10.9. The minimum Gasteiger partial charge on any atom is -0.490 e.